The molecule has 0 N–H and O–H groups in total. The van der Waals surface area contributed by atoms with Crippen LogP contribution in [0.3, 0.4) is 0 Å². The highest BCUT2D eigenvalue weighted by molar-refractivity contribution is 9.10. The van der Waals surface area contributed by atoms with Gasteiger partial charge in [0.05, 0.1) is 17.1 Å². The molecule has 6 nitrogen and oxygen atoms in total. The van der Waals surface area contributed by atoms with Crippen molar-refractivity contribution in [3.05, 3.63) is 57.2 Å². The second kappa shape index (κ2) is 8.05. The fourth-order valence-corrected chi connectivity index (χ4v) is 3.27. The molecule has 3 aromatic rings. The highest BCUT2D eigenvalue weighted by Gasteiger charge is 2.23. The Morgan fingerprint density at radius 3 is 2.69 bits per heavy atom. The van der Waals surface area contributed by atoms with Gasteiger partial charge in [0.15, 0.2) is 10.4 Å². The lowest BCUT2D eigenvalue weighted by Gasteiger charge is -2.19. The molecule has 0 aliphatic heterocycles. The molecule has 0 radical (unpaired) electrons. The number of carbonyl (C=O) groups excluding carboxylic acids is 1. The summed E-state index contributed by atoms with van der Waals surface area (Å²) in [7, 11) is 0. The zero-order chi connectivity index (χ0) is 18.7. The summed E-state index contributed by atoms with van der Waals surface area (Å²) in [5.41, 5.74) is 1.43. The molecule has 0 fully saturated rings. The first-order valence-electron chi connectivity index (χ1n) is 8.12. The zero-order valence-electron chi connectivity index (χ0n) is 14.3. The monoisotopic (exact) mass is 437 g/mol. The van der Waals surface area contributed by atoms with Gasteiger partial charge in [-0.3, -0.25) is 4.79 Å². The Morgan fingerprint density at radius 1 is 1.27 bits per heavy atom. The highest BCUT2D eigenvalue weighted by atomic mass is 79.9. The molecule has 0 spiro atoms. The molecule has 0 aliphatic carbocycles. The third kappa shape index (κ3) is 3.99. The summed E-state index contributed by atoms with van der Waals surface area (Å²) in [5.74, 6) is 0.750. The number of furan rings is 1. The summed E-state index contributed by atoms with van der Waals surface area (Å²) in [5, 5.41) is 8.62. The molecule has 0 saturated carbocycles. The first-order valence-corrected chi connectivity index (χ1v) is 9.29. The van der Waals surface area contributed by atoms with Crippen molar-refractivity contribution < 1.29 is 13.6 Å². The van der Waals surface area contributed by atoms with E-state index in [1.165, 1.54) is 0 Å². The van der Waals surface area contributed by atoms with Crippen molar-refractivity contribution in [1.82, 2.24) is 15.1 Å². The molecule has 1 aromatic carbocycles. The number of nitrogens with zero attached hydrogens (tertiary/aromatic N) is 3. The van der Waals surface area contributed by atoms with Gasteiger partial charge in [0.2, 0.25) is 11.8 Å². The number of aryl methyl sites for hydroxylation is 1. The van der Waals surface area contributed by atoms with Crippen molar-refractivity contribution in [2.24, 2.45) is 0 Å². The van der Waals surface area contributed by atoms with E-state index in [1.807, 2.05) is 26.0 Å². The van der Waals surface area contributed by atoms with Crippen LogP contribution in [0.4, 0.5) is 0 Å². The van der Waals surface area contributed by atoms with Gasteiger partial charge in [-0.2, -0.15) is 0 Å². The summed E-state index contributed by atoms with van der Waals surface area (Å²) in [6, 6.07) is 8.99. The second-order valence-electron chi connectivity index (χ2n) is 5.77. The standard InChI is InChI=1S/C18H17BrClN3O3/c1-3-8-23(18(24)16-11(2)9-14(19)25-16)10-15-21-22-17(26-15)12-6-4-5-7-13(12)20/h4-7,9H,3,8,10H2,1-2H3. The minimum Gasteiger partial charge on any atom is -0.444 e. The molecule has 0 unspecified atom stereocenters. The number of benzene rings is 1. The van der Waals surface area contributed by atoms with Gasteiger partial charge in [0, 0.05) is 12.1 Å². The Morgan fingerprint density at radius 2 is 2.04 bits per heavy atom. The lowest BCUT2D eigenvalue weighted by atomic mass is 10.2. The van der Waals surface area contributed by atoms with Crippen molar-refractivity contribution in [1.29, 1.82) is 0 Å². The second-order valence-corrected chi connectivity index (χ2v) is 6.96. The van der Waals surface area contributed by atoms with Crippen LogP contribution in [-0.4, -0.2) is 27.5 Å². The normalized spacial score (nSPS) is 10.9. The predicted molar refractivity (Wildman–Crippen MR) is 101 cm³/mol. The van der Waals surface area contributed by atoms with Crippen molar-refractivity contribution in [2.75, 3.05) is 6.54 Å². The molecule has 1 amide bonds. The van der Waals surface area contributed by atoms with Crippen LogP contribution in [0.15, 0.2) is 43.8 Å². The predicted octanol–water partition coefficient (Wildman–Crippen LogP) is 5.11. The third-order valence-corrected chi connectivity index (χ3v) is 4.48. The summed E-state index contributed by atoms with van der Waals surface area (Å²) >= 11 is 9.42. The van der Waals surface area contributed by atoms with Crippen LogP contribution in [0.25, 0.3) is 11.5 Å². The van der Waals surface area contributed by atoms with Crippen LogP contribution >= 0.6 is 27.5 Å². The molecule has 3 rings (SSSR count). The highest BCUT2D eigenvalue weighted by Crippen LogP contribution is 2.27. The van der Waals surface area contributed by atoms with Gasteiger partial charge in [0.25, 0.3) is 5.91 Å². The Labute approximate surface area is 164 Å². The molecule has 2 heterocycles. The minimum atomic E-state index is -0.215. The number of amides is 1. The largest absolute Gasteiger partial charge is 0.444 e. The Bertz CT molecular complexity index is 922. The fraction of sp³-hybridized carbons (Fsp3) is 0.278. The van der Waals surface area contributed by atoms with Gasteiger partial charge in [-0.1, -0.05) is 30.7 Å². The van der Waals surface area contributed by atoms with Crippen molar-refractivity contribution in [2.45, 2.75) is 26.8 Å². The van der Waals surface area contributed by atoms with Crippen LogP contribution in [0.1, 0.15) is 35.4 Å². The molecule has 8 heteroatoms. The molecule has 0 saturated heterocycles. The number of hydrogen-bond acceptors (Lipinski definition) is 5. The van der Waals surface area contributed by atoms with Crippen LogP contribution in [0.2, 0.25) is 5.02 Å². The van der Waals surface area contributed by atoms with Crippen LogP contribution < -0.4 is 0 Å². The topological polar surface area (TPSA) is 72.4 Å². The SMILES string of the molecule is CCCN(Cc1nnc(-c2ccccc2Cl)o1)C(=O)c1oc(Br)cc1C. The molecule has 0 atom stereocenters. The molecule has 0 aliphatic rings. The van der Waals surface area contributed by atoms with Crippen molar-refractivity contribution >= 4 is 33.4 Å². The van der Waals surface area contributed by atoms with E-state index in [0.29, 0.717) is 39.3 Å². The van der Waals surface area contributed by atoms with Crippen molar-refractivity contribution in [3.63, 3.8) is 0 Å². The minimum absolute atomic E-state index is 0.196. The summed E-state index contributed by atoms with van der Waals surface area (Å²) in [6.45, 7) is 4.56. The van der Waals surface area contributed by atoms with E-state index < -0.39 is 0 Å². The Balaban J connectivity index is 1.82. The maximum atomic E-state index is 12.8. The quantitative estimate of drug-likeness (QED) is 0.535. The lowest BCUT2D eigenvalue weighted by molar-refractivity contribution is 0.0694. The number of halogens is 2. The number of rotatable bonds is 6. The summed E-state index contributed by atoms with van der Waals surface area (Å²) in [4.78, 5) is 14.4. The van der Waals surface area contributed by atoms with E-state index in [4.69, 9.17) is 20.4 Å². The average molecular weight is 439 g/mol. The molecular formula is C18H17BrClN3O3. The molecule has 26 heavy (non-hydrogen) atoms. The lowest BCUT2D eigenvalue weighted by Crippen LogP contribution is -2.31. The van der Waals surface area contributed by atoms with Gasteiger partial charge < -0.3 is 13.7 Å². The molecular weight excluding hydrogens is 422 g/mol. The van der Waals surface area contributed by atoms with Crippen LogP contribution in [-0.2, 0) is 6.54 Å². The maximum Gasteiger partial charge on any atom is 0.290 e. The van der Waals surface area contributed by atoms with Gasteiger partial charge in [-0.25, -0.2) is 0 Å². The molecule has 2 aromatic heterocycles. The summed E-state index contributed by atoms with van der Waals surface area (Å²) < 4.78 is 11.7. The maximum absolute atomic E-state index is 12.8. The first kappa shape index (κ1) is 18.7. The van der Waals surface area contributed by atoms with Crippen molar-refractivity contribution in [3.8, 4) is 11.5 Å². The summed E-state index contributed by atoms with van der Waals surface area (Å²) in [6.07, 6.45) is 0.790. The van der Waals surface area contributed by atoms with Crippen LogP contribution in [0, 0.1) is 6.92 Å². The van der Waals surface area contributed by atoms with Gasteiger partial charge >= 0.3 is 0 Å². The Hall–Kier alpha value is -2.12. The average Bonchev–Trinajstić information content (AvgIpc) is 3.20. The zero-order valence-corrected chi connectivity index (χ0v) is 16.7. The molecule has 0 bridgehead atoms. The van der Waals surface area contributed by atoms with Gasteiger partial charge in [0.1, 0.15) is 0 Å². The van der Waals surface area contributed by atoms with E-state index in [9.17, 15) is 4.79 Å². The van der Waals surface area contributed by atoms with E-state index in [0.717, 1.165) is 12.0 Å². The van der Waals surface area contributed by atoms with E-state index in [1.54, 1.807) is 23.1 Å². The Kier molecular flexibility index (Phi) is 5.78. The van der Waals surface area contributed by atoms with E-state index in [-0.39, 0.29) is 12.5 Å². The van der Waals surface area contributed by atoms with E-state index in [2.05, 4.69) is 26.1 Å². The van der Waals surface area contributed by atoms with E-state index >= 15 is 0 Å². The van der Waals surface area contributed by atoms with Crippen LogP contribution in [0.5, 0.6) is 0 Å². The van der Waals surface area contributed by atoms with Gasteiger partial charge in [-0.05, 0) is 47.5 Å². The number of hydrogen-bond donors (Lipinski definition) is 0. The van der Waals surface area contributed by atoms with Gasteiger partial charge in [-0.15, -0.1) is 10.2 Å². The fourth-order valence-electron chi connectivity index (χ4n) is 2.55. The molecule has 136 valence electrons. The first-order chi connectivity index (χ1) is 12.5. The number of carbonyl (C=O) groups is 1. The third-order valence-electron chi connectivity index (χ3n) is 3.76. The smallest absolute Gasteiger partial charge is 0.290 e. The number of aromatic nitrogens is 2.